The minimum Gasteiger partial charge on any atom is -0.497 e. The highest BCUT2D eigenvalue weighted by Gasteiger charge is 2.22. The number of aryl methyl sites for hydroxylation is 3. The molecule has 0 N–H and O–H groups in total. The van der Waals surface area contributed by atoms with Crippen LogP contribution in [0.1, 0.15) is 39.5 Å². The molecule has 0 amide bonds. The van der Waals surface area contributed by atoms with E-state index >= 15 is 0 Å². The summed E-state index contributed by atoms with van der Waals surface area (Å²) in [6.45, 7) is 1.91. The Bertz CT molecular complexity index is 1050. The smallest absolute Gasteiger partial charge is 0.176 e. The molecular weight excluding hydrogens is 392 g/mol. The summed E-state index contributed by atoms with van der Waals surface area (Å²) in [6, 6.07) is 5.28. The zero-order valence-electron chi connectivity index (χ0n) is 16.2. The van der Waals surface area contributed by atoms with Crippen molar-refractivity contribution in [3.05, 3.63) is 40.0 Å². The minimum absolute atomic E-state index is 0.00531. The summed E-state index contributed by atoms with van der Waals surface area (Å²) in [4.78, 5) is 24.7. The number of carbonyl (C=O) groups is 1. The van der Waals surface area contributed by atoms with Crippen LogP contribution in [-0.2, 0) is 12.8 Å². The van der Waals surface area contributed by atoms with Crippen LogP contribution in [0.25, 0.3) is 10.2 Å². The number of hydrogen-bond acceptors (Lipinski definition) is 7. The zero-order chi connectivity index (χ0) is 19.7. The number of ether oxygens (including phenoxy) is 2. The maximum Gasteiger partial charge on any atom is 0.176 e. The first-order valence-corrected chi connectivity index (χ1v) is 11.1. The summed E-state index contributed by atoms with van der Waals surface area (Å²) >= 11 is 3.27. The average Bonchev–Trinajstić information content (AvgIpc) is 3.09. The molecular formula is C21H22N2O3S2. The van der Waals surface area contributed by atoms with Crippen molar-refractivity contribution in [1.29, 1.82) is 0 Å². The summed E-state index contributed by atoms with van der Waals surface area (Å²) in [5, 5.41) is 2.07. The number of thiophene rings is 1. The summed E-state index contributed by atoms with van der Waals surface area (Å²) in [6.07, 6.45) is 4.64. The van der Waals surface area contributed by atoms with Crippen molar-refractivity contribution >= 4 is 39.1 Å². The van der Waals surface area contributed by atoms with E-state index in [1.807, 2.05) is 6.92 Å². The highest BCUT2D eigenvalue weighted by molar-refractivity contribution is 8.00. The second kappa shape index (κ2) is 8.09. The van der Waals surface area contributed by atoms with E-state index in [0.29, 0.717) is 22.8 Å². The van der Waals surface area contributed by atoms with Crippen molar-refractivity contribution in [3.63, 3.8) is 0 Å². The van der Waals surface area contributed by atoms with E-state index in [1.54, 1.807) is 43.8 Å². The van der Waals surface area contributed by atoms with Crippen molar-refractivity contribution in [1.82, 2.24) is 9.97 Å². The second-order valence-corrected chi connectivity index (χ2v) is 8.79. The Kier molecular flexibility index (Phi) is 5.55. The van der Waals surface area contributed by atoms with E-state index in [9.17, 15) is 4.79 Å². The van der Waals surface area contributed by atoms with Crippen LogP contribution >= 0.6 is 23.1 Å². The van der Waals surface area contributed by atoms with Crippen LogP contribution in [0.3, 0.4) is 0 Å². The van der Waals surface area contributed by atoms with Crippen molar-refractivity contribution in [3.8, 4) is 11.5 Å². The number of aromatic nitrogens is 2. The third kappa shape index (κ3) is 3.61. The number of methoxy groups -OCH3 is 2. The van der Waals surface area contributed by atoms with E-state index in [1.165, 1.54) is 35.0 Å². The predicted molar refractivity (Wildman–Crippen MR) is 113 cm³/mol. The molecule has 0 saturated heterocycles. The summed E-state index contributed by atoms with van der Waals surface area (Å²) in [5.74, 6) is 2.23. The lowest BCUT2D eigenvalue weighted by atomic mass is 9.97. The first-order valence-electron chi connectivity index (χ1n) is 9.27. The van der Waals surface area contributed by atoms with Gasteiger partial charge in [-0.25, -0.2) is 9.97 Å². The van der Waals surface area contributed by atoms with Crippen LogP contribution in [-0.4, -0.2) is 35.7 Å². The lowest BCUT2D eigenvalue weighted by Crippen LogP contribution is -2.06. The molecule has 28 heavy (non-hydrogen) atoms. The number of hydrogen-bond donors (Lipinski definition) is 0. The Morgan fingerprint density at radius 2 is 2.00 bits per heavy atom. The molecule has 0 spiro atoms. The molecule has 1 aliphatic carbocycles. The molecule has 0 unspecified atom stereocenters. The van der Waals surface area contributed by atoms with Gasteiger partial charge in [-0.2, -0.15) is 0 Å². The number of benzene rings is 1. The Labute approximate surface area is 172 Å². The standard InChI is InChI=1S/C21H22N2O3S2/c1-12-22-20(19-14-6-4-5-7-18(14)28-21(19)23-12)27-11-16(24)15-10-13(25-2)8-9-17(15)26-3/h8-10H,4-7,11H2,1-3H3. The molecule has 0 aliphatic heterocycles. The number of carbonyl (C=O) groups excluding carboxylic acids is 1. The Morgan fingerprint density at radius 3 is 2.79 bits per heavy atom. The Hall–Kier alpha value is -2.12. The van der Waals surface area contributed by atoms with Crippen LogP contribution in [0.15, 0.2) is 23.2 Å². The lowest BCUT2D eigenvalue weighted by Gasteiger charge is -2.12. The molecule has 7 heteroatoms. The van der Waals surface area contributed by atoms with Crippen molar-refractivity contribution in [2.45, 2.75) is 37.6 Å². The number of rotatable bonds is 6. The van der Waals surface area contributed by atoms with Gasteiger partial charge in [0, 0.05) is 10.3 Å². The van der Waals surface area contributed by atoms with Crippen LogP contribution < -0.4 is 9.47 Å². The molecule has 1 aromatic carbocycles. The molecule has 146 valence electrons. The first-order chi connectivity index (χ1) is 13.6. The molecule has 5 nitrogen and oxygen atoms in total. The van der Waals surface area contributed by atoms with Crippen LogP contribution in [0.5, 0.6) is 11.5 Å². The fourth-order valence-electron chi connectivity index (χ4n) is 3.57. The number of nitrogens with zero attached hydrogens (tertiary/aromatic N) is 2. The molecule has 2 heterocycles. The molecule has 2 aromatic heterocycles. The highest BCUT2D eigenvalue weighted by Crippen LogP contribution is 2.40. The summed E-state index contributed by atoms with van der Waals surface area (Å²) in [5.41, 5.74) is 1.92. The largest absolute Gasteiger partial charge is 0.497 e. The monoisotopic (exact) mass is 414 g/mol. The maximum atomic E-state index is 12.9. The van der Waals surface area contributed by atoms with Gasteiger partial charge in [0.05, 0.1) is 25.5 Å². The van der Waals surface area contributed by atoms with E-state index in [-0.39, 0.29) is 5.78 Å². The predicted octanol–water partition coefficient (Wildman–Crippen LogP) is 4.87. The molecule has 1 aliphatic rings. The average molecular weight is 415 g/mol. The van der Waals surface area contributed by atoms with Crippen molar-refractivity contribution in [2.24, 2.45) is 0 Å². The third-order valence-corrected chi connectivity index (χ3v) is 7.10. The first kappa shape index (κ1) is 19.2. The second-order valence-electron chi connectivity index (χ2n) is 6.75. The van der Waals surface area contributed by atoms with Gasteiger partial charge in [0.2, 0.25) is 0 Å². The van der Waals surface area contributed by atoms with E-state index in [2.05, 4.69) is 9.97 Å². The minimum atomic E-state index is -0.00531. The number of ketones is 1. The van der Waals surface area contributed by atoms with Gasteiger partial charge < -0.3 is 9.47 Å². The molecule has 0 atom stereocenters. The highest BCUT2D eigenvalue weighted by atomic mass is 32.2. The van der Waals surface area contributed by atoms with Gasteiger partial charge in [-0.05, 0) is 56.4 Å². The van der Waals surface area contributed by atoms with Crippen molar-refractivity contribution < 1.29 is 14.3 Å². The molecule has 0 saturated carbocycles. The molecule has 4 rings (SSSR count). The van der Waals surface area contributed by atoms with Crippen LogP contribution in [0.2, 0.25) is 0 Å². The molecule has 0 radical (unpaired) electrons. The van der Waals surface area contributed by atoms with E-state index < -0.39 is 0 Å². The van der Waals surface area contributed by atoms with E-state index in [0.717, 1.165) is 33.9 Å². The number of thioether (sulfide) groups is 1. The SMILES string of the molecule is COc1ccc(OC)c(C(=O)CSc2nc(C)nc3sc4c(c23)CCCC4)c1. The van der Waals surface area contributed by atoms with Gasteiger partial charge in [-0.3, -0.25) is 4.79 Å². The lowest BCUT2D eigenvalue weighted by molar-refractivity contribution is 0.101. The van der Waals surface area contributed by atoms with Crippen LogP contribution in [0, 0.1) is 6.92 Å². The zero-order valence-corrected chi connectivity index (χ0v) is 17.8. The maximum absolute atomic E-state index is 12.9. The van der Waals surface area contributed by atoms with Gasteiger partial charge in [0.1, 0.15) is 27.2 Å². The quantitative estimate of drug-likeness (QED) is 0.326. The third-order valence-electron chi connectivity index (χ3n) is 4.94. The van der Waals surface area contributed by atoms with Gasteiger partial charge in [0.25, 0.3) is 0 Å². The normalized spacial score (nSPS) is 13.4. The van der Waals surface area contributed by atoms with E-state index in [4.69, 9.17) is 9.47 Å². The van der Waals surface area contributed by atoms with Gasteiger partial charge >= 0.3 is 0 Å². The van der Waals surface area contributed by atoms with Gasteiger partial charge in [0.15, 0.2) is 5.78 Å². The van der Waals surface area contributed by atoms with Gasteiger partial charge in [-0.1, -0.05) is 11.8 Å². The Balaban J connectivity index is 1.64. The molecule has 0 fully saturated rings. The number of fused-ring (bicyclic) bond motifs is 3. The molecule has 3 aromatic rings. The van der Waals surface area contributed by atoms with Crippen LogP contribution in [0.4, 0.5) is 0 Å². The Morgan fingerprint density at radius 1 is 1.18 bits per heavy atom. The summed E-state index contributed by atoms with van der Waals surface area (Å²) in [7, 11) is 3.16. The fourth-order valence-corrected chi connectivity index (χ4v) is 5.93. The topological polar surface area (TPSA) is 61.3 Å². The van der Waals surface area contributed by atoms with Crippen molar-refractivity contribution in [2.75, 3.05) is 20.0 Å². The molecule has 0 bridgehead atoms. The number of Topliss-reactive ketones (excluding diaryl/α,β-unsaturated/α-hetero) is 1. The summed E-state index contributed by atoms with van der Waals surface area (Å²) < 4.78 is 10.6. The van der Waals surface area contributed by atoms with Gasteiger partial charge in [-0.15, -0.1) is 11.3 Å². The fraction of sp³-hybridized carbons (Fsp3) is 0.381.